The molecule has 2 rings (SSSR count). The van der Waals surface area contributed by atoms with Gasteiger partial charge in [-0.1, -0.05) is 12.1 Å². The van der Waals surface area contributed by atoms with Crippen LogP contribution in [0.25, 0.3) is 0 Å². The molecule has 0 atom stereocenters. The molecular formula is C16H14BrNO3S. The van der Waals surface area contributed by atoms with Crippen LogP contribution in [0.2, 0.25) is 0 Å². The van der Waals surface area contributed by atoms with Crippen molar-refractivity contribution in [3.63, 3.8) is 0 Å². The molecule has 22 heavy (non-hydrogen) atoms. The van der Waals surface area contributed by atoms with Crippen LogP contribution in [0, 0.1) is 0 Å². The molecule has 0 fully saturated rings. The van der Waals surface area contributed by atoms with E-state index in [1.165, 1.54) is 0 Å². The van der Waals surface area contributed by atoms with Gasteiger partial charge in [-0.05, 0) is 58.6 Å². The maximum atomic E-state index is 11.8. The number of esters is 1. The van der Waals surface area contributed by atoms with Gasteiger partial charge in [0.2, 0.25) is 0 Å². The van der Waals surface area contributed by atoms with Gasteiger partial charge in [-0.3, -0.25) is 4.79 Å². The number of benzene rings is 2. The number of halogens is 1. The maximum absolute atomic E-state index is 11.8. The zero-order valence-electron chi connectivity index (χ0n) is 11.8. The van der Waals surface area contributed by atoms with Gasteiger partial charge in [0.25, 0.3) is 5.91 Å². The van der Waals surface area contributed by atoms with Crippen LogP contribution in [0.1, 0.15) is 10.4 Å². The summed E-state index contributed by atoms with van der Waals surface area (Å²) in [5, 5.41) is 2.67. The molecule has 0 radical (unpaired) electrons. The van der Waals surface area contributed by atoms with Crippen molar-refractivity contribution in [2.24, 2.45) is 0 Å². The molecule has 0 saturated carbocycles. The lowest BCUT2D eigenvalue weighted by Crippen LogP contribution is -2.21. The molecule has 2 aromatic carbocycles. The van der Waals surface area contributed by atoms with Gasteiger partial charge in [-0.2, -0.15) is 0 Å². The van der Waals surface area contributed by atoms with Gasteiger partial charge >= 0.3 is 5.97 Å². The van der Waals surface area contributed by atoms with Crippen LogP contribution in [-0.4, -0.2) is 24.7 Å². The summed E-state index contributed by atoms with van der Waals surface area (Å²) < 4.78 is 5.77. The second-order valence-corrected chi connectivity index (χ2v) is 6.07. The first kappa shape index (κ1) is 16.6. The molecule has 6 heteroatoms. The summed E-state index contributed by atoms with van der Waals surface area (Å²) in [6.07, 6.45) is 1.96. The summed E-state index contributed by atoms with van der Waals surface area (Å²) in [5.41, 5.74) is 1.05. The van der Waals surface area contributed by atoms with E-state index in [4.69, 9.17) is 4.74 Å². The molecule has 0 aliphatic heterocycles. The zero-order chi connectivity index (χ0) is 15.9. The van der Waals surface area contributed by atoms with E-state index in [9.17, 15) is 9.59 Å². The molecule has 0 saturated heterocycles. The highest BCUT2D eigenvalue weighted by Gasteiger charge is 2.11. The van der Waals surface area contributed by atoms with Crippen molar-refractivity contribution in [2.45, 2.75) is 4.90 Å². The Morgan fingerprint density at radius 3 is 2.45 bits per heavy atom. The highest BCUT2D eigenvalue weighted by atomic mass is 79.9. The predicted molar refractivity (Wildman–Crippen MR) is 91.3 cm³/mol. The molecule has 0 aliphatic carbocycles. The van der Waals surface area contributed by atoms with E-state index >= 15 is 0 Å². The second kappa shape index (κ2) is 8.00. The van der Waals surface area contributed by atoms with Crippen molar-refractivity contribution in [3.05, 3.63) is 58.6 Å². The number of hydrogen-bond acceptors (Lipinski definition) is 4. The van der Waals surface area contributed by atoms with E-state index in [2.05, 4.69) is 21.2 Å². The average molecular weight is 380 g/mol. The molecule has 0 bridgehead atoms. The lowest BCUT2D eigenvalue weighted by molar-refractivity contribution is -0.119. The number of rotatable bonds is 5. The Labute approximate surface area is 141 Å². The summed E-state index contributed by atoms with van der Waals surface area (Å²) in [6.45, 7) is -0.329. The van der Waals surface area contributed by atoms with Gasteiger partial charge in [0.1, 0.15) is 0 Å². The predicted octanol–water partition coefficient (Wildman–Crippen LogP) is 3.97. The minimum Gasteiger partial charge on any atom is -0.452 e. The van der Waals surface area contributed by atoms with Crippen molar-refractivity contribution < 1.29 is 14.3 Å². The fourth-order valence-electron chi connectivity index (χ4n) is 1.69. The van der Waals surface area contributed by atoms with Gasteiger partial charge in [-0.15, -0.1) is 11.8 Å². The van der Waals surface area contributed by atoms with Crippen molar-refractivity contribution >= 4 is 45.3 Å². The number of carbonyl (C=O) groups is 2. The molecule has 1 amide bonds. The van der Waals surface area contributed by atoms with E-state index in [-0.39, 0.29) is 12.5 Å². The molecule has 0 unspecified atom stereocenters. The normalized spacial score (nSPS) is 10.1. The number of para-hydroxylation sites is 1. The number of carbonyl (C=O) groups excluding carboxylic acids is 2. The molecule has 0 heterocycles. The quantitative estimate of drug-likeness (QED) is 0.630. The van der Waals surface area contributed by atoms with Crippen molar-refractivity contribution in [1.82, 2.24) is 0 Å². The first-order valence-electron chi connectivity index (χ1n) is 6.45. The van der Waals surface area contributed by atoms with Crippen LogP contribution in [0.4, 0.5) is 5.69 Å². The van der Waals surface area contributed by atoms with Crippen LogP contribution < -0.4 is 5.32 Å². The Balaban J connectivity index is 1.87. The average Bonchev–Trinajstić information content (AvgIpc) is 2.55. The van der Waals surface area contributed by atoms with Crippen LogP contribution in [-0.2, 0) is 9.53 Å². The second-order valence-electron chi connectivity index (χ2n) is 4.33. The fraction of sp³-hybridized carbons (Fsp3) is 0.125. The lowest BCUT2D eigenvalue weighted by Gasteiger charge is -2.08. The van der Waals surface area contributed by atoms with Crippen molar-refractivity contribution in [1.29, 1.82) is 0 Å². The van der Waals surface area contributed by atoms with E-state index in [1.807, 2.05) is 30.5 Å². The summed E-state index contributed by atoms with van der Waals surface area (Å²) in [6, 6.07) is 14.3. The van der Waals surface area contributed by atoms with Gasteiger partial charge in [-0.25, -0.2) is 4.79 Å². The number of amides is 1. The van der Waals surface area contributed by atoms with E-state index in [0.717, 1.165) is 9.37 Å². The lowest BCUT2D eigenvalue weighted by atomic mass is 10.2. The Bertz CT molecular complexity index is 673. The topological polar surface area (TPSA) is 55.4 Å². The molecule has 0 aromatic heterocycles. The number of anilines is 1. The molecule has 0 aliphatic rings. The number of ether oxygens (including phenoxy) is 1. The first-order valence-corrected chi connectivity index (χ1v) is 8.47. The monoisotopic (exact) mass is 379 g/mol. The van der Waals surface area contributed by atoms with E-state index in [1.54, 1.807) is 36.0 Å². The third-order valence-electron chi connectivity index (χ3n) is 2.81. The summed E-state index contributed by atoms with van der Waals surface area (Å²) in [7, 11) is 0. The maximum Gasteiger partial charge on any atom is 0.338 e. The highest BCUT2D eigenvalue weighted by molar-refractivity contribution is 9.10. The smallest absolute Gasteiger partial charge is 0.338 e. The van der Waals surface area contributed by atoms with E-state index < -0.39 is 5.97 Å². The third kappa shape index (κ3) is 4.61. The van der Waals surface area contributed by atoms with Gasteiger partial charge in [0, 0.05) is 9.37 Å². The standard InChI is InChI=1S/C16H14BrNO3S/c1-22-12-8-6-11(7-9-12)16(20)21-10-15(19)18-14-5-3-2-4-13(14)17/h2-9H,10H2,1H3,(H,18,19). The summed E-state index contributed by atoms with van der Waals surface area (Å²) >= 11 is 4.92. The Morgan fingerprint density at radius 2 is 1.82 bits per heavy atom. The van der Waals surface area contributed by atoms with Crippen LogP contribution in [0.3, 0.4) is 0 Å². The largest absolute Gasteiger partial charge is 0.452 e. The van der Waals surface area contributed by atoms with Gasteiger partial charge in [0.15, 0.2) is 6.61 Å². The molecule has 2 aromatic rings. The number of hydrogen-bond donors (Lipinski definition) is 1. The first-order chi connectivity index (χ1) is 10.6. The Hall–Kier alpha value is -1.79. The summed E-state index contributed by atoms with van der Waals surface area (Å²) in [5.74, 6) is -0.907. The van der Waals surface area contributed by atoms with Crippen molar-refractivity contribution in [3.8, 4) is 0 Å². The van der Waals surface area contributed by atoms with Crippen LogP contribution in [0.5, 0.6) is 0 Å². The Morgan fingerprint density at radius 1 is 1.14 bits per heavy atom. The van der Waals surface area contributed by atoms with Crippen molar-refractivity contribution in [2.75, 3.05) is 18.2 Å². The third-order valence-corrected chi connectivity index (χ3v) is 4.24. The molecular weight excluding hydrogens is 366 g/mol. The van der Waals surface area contributed by atoms with Crippen LogP contribution in [0.15, 0.2) is 57.9 Å². The number of thioether (sulfide) groups is 1. The zero-order valence-corrected chi connectivity index (χ0v) is 14.2. The van der Waals surface area contributed by atoms with E-state index in [0.29, 0.717) is 11.3 Å². The summed E-state index contributed by atoms with van der Waals surface area (Å²) in [4.78, 5) is 24.7. The minimum absolute atomic E-state index is 0.329. The van der Waals surface area contributed by atoms with Crippen LogP contribution >= 0.6 is 27.7 Å². The fourth-order valence-corrected chi connectivity index (χ4v) is 2.48. The molecule has 114 valence electrons. The SMILES string of the molecule is CSc1ccc(C(=O)OCC(=O)Nc2ccccc2Br)cc1. The Kier molecular flexibility index (Phi) is 6.03. The molecule has 4 nitrogen and oxygen atoms in total. The van der Waals surface area contributed by atoms with Gasteiger partial charge in [0.05, 0.1) is 11.3 Å². The highest BCUT2D eigenvalue weighted by Crippen LogP contribution is 2.21. The number of nitrogens with one attached hydrogen (secondary N) is 1. The molecule has 0 spiro atoms. The van der Waals surface area contributed by atoms with Gasteiger partial charge < -0.3 is 10.1 Å². The minimum atomic E-state index is -0.519. The molecule has 1 N–H and O–H groups in total.